The zero-order valence-corrected chi connectivity index (χ0v) is 19.5. The lowest BCUT2D eigenvalue weighted by Crippen LogP contribution is -2.48. The molecule has 1 aromatic carbocycles. The van der Waals surface area contributed by atoms with Crippen molar-refractivity contribution < 1.29 is 23.8 Å². The number of thiophene rings is 1. The van der Waals surface area contributed by atoms with Crippen LogP contribution in [0.2, 0.25) is 0 Å². The Morgan fingerprint density at radius 3 is 2.56 bits per heavy atom. The number of benzene rings is 1. The average molecular weight is 460 g/mol. The Morgan fingerprint density at radius 2 is 1.84 bits per heavy atom. The van der Waals surface area contributed by atoms with Gasteiger partial charge in [-0.2, -0.15) is 0 Å². The SMILES string of the molecule is CCc1c(C)sc(NC(=O)CN2CCN(Cc3ccc4c(c3)OCO4)CC2)c1C(=O)OC. The molecule has 0 bridgehead atoms. The molecule has 2 aliphatic heterocycles. The zero-order valence-electron chi connectivity index (χ0n) is 18.7. The van der Waals surface area contributed by atoms with Gasteiger partial charge in [-0.05, 0) is 36.6 Å². The van der Waals surface area contributed by atoms with Gasteiger partial charge >= 0.3 is 5.97 Å². The summed E-state index contributed by atoms with van der Waals surface area (Å²) < 4.78 is 15.8. The molecule has 1 aromatic heterocycles. The Kier molecular flexibility index (Phi) is 6.98. The molecule has 0 spiro atoms. The number of rotatable bonds is 7. The van der Waals surface area contributed by atoms with Crippen molar-refractivity contribution in [3.63, 3.8) is 0 Å². The van der Waals surface area contributed by atoms with Crippen LogP contribution in [-0.2, 0) is 22.5 Å². The van der Waals surface area contributed by atoms with Crippen molar-refractivity contribution in [3.8, 4) is 11.5 Å². The quantitative estimate of drug-likeness (QED) is 0.638. The van der Waals surface area contributed by atoms with E-state index in [1.165, 1.54) is 24.0 Å². The summed E-state index contributed by atoms with van der Waals surface area (Å²) in [5.41, 5.74) is 2.62. The molecule has 0 aliphatic carbocycles. The van der Waals surface area contributed by atoms with Gasteiger partial charge in [-0.15, -0.1) is 11.3 Å². The maximum absolute atomic E-state index is 12.7. The molecule has 32 heavy (non-hydrogen) atoms. The van der Waals surface area contributed by atoms with Gasteiger partial charge in [-0.25, -0.2) is 4.79 Å². The summed E-state index contributed by atoms with van der Waals surface area (Å²) in [6.45, 7) is 8.77. The van der Waals surface area contributed by atoms with Gasteiger partial charge in [0.15, 0.2) is 11.5 Å². The van der Waals surface area contributed by atoms with Gasteiger partial charge in [0.05, 0.1) is 19.2 Å². The second-order valence-corrected chi connectivity index (χ2v) is 9.20. The van der Waals surface area contributed by atoms with E-state index >= 15 is 0 Å². The van der Waals surface area contributed by atoms with Crippen molar-refractivity contribution in [2.45, 2.75) is 26.8 Å². The second kappa shape index (κ2) is 9.89. The molecule has 0 saturated carbocycles. The number of amides is 1. The predicted octanol–water partition coefficient (Wildman–Crippen LogP) is 2.89. The van der Waals surface area contributed by atoms with Gasteiger partial charge in [-0.3, -0.25) is 14.6 Å². The Hall–Kier alpha value is -2.62. The van der Waals surface area contributed by atoms with E-state index in [1.807, 2.05) is 26.0 Å². The summed E-state index contributed by atoms with van der Waals surface area (Å²) in [7, 11) is 1.36. The molecular formula is C23H29N3O5S. The van der Waals surface area contributed by atoms with Crippen molar-refractivity contribution in [2.24, 2.45) is 0 Å². The minimum Gasteiger partial charge on any atom is -0.465 e. The first-order valence-electron chi connectivity index (χ1n) is 10.8. The molecule has 0 unspecified atom stereocenters. The number of piperazine rings is 1. The summed E-state index contributed by atoms with van der Waals surface area (Å²) in [4.78, 5) is 30.5. The number of fused-ring (bicyclic) bond motifs is 1. The maximum atomic E-state index is 12.7. The van der Waals surface area contributed by atoms with Crippen LogP contribution in [0.1, 0.15) is 33.3 Å². The van der Waals surface area contributed by atoms with Crippen LogP contribution in [0.5, 0.6) is 11.5 Å². The monoisotopic (exact) mass is 459 g/mol. The standard InChI is InChI=1S/C23H29N3O5S/c1-4-17-15(2)32-22(21(17)23(28)29-3)24-20(27)13-26-9-7-25(8-10-26)12-16-5-6-18-19(11-16)31-14-30-18/h5-6,11H,4,7-10,12-14H2,1-3H3,(H,24,27). The number of nitrogens with one attached hydrogen (secondary N) is 1. The van der Waals surface area contributed by atoms with E-state index in [0.29, 0.717) is 23.5 Å². The van der Waals surface area contributed by atoms with Gasteiger partial charge in [-0.1, -0.05) is 13.0 Å². The summed E-state index contributed by atoms with van der Waals surface area (Å²) in [5.74, 6) is 1.09. The van der Waals surface area contributed by atoms with Crippen LogP contribution >= 0.6 is 11.3 Å². The third-order valence-corrected chi connectivity index (χ3v) is 6.94. The average Bonchev–Trinajstić information content (AvgIpc) is 3.37. The third-order valence-electron chi connectivity index (χ3n) is 5.88. The van der Waals surface area contributed by atoms with Crippen LogP contribution in [0.15, 0.2) is 18.2 Å². The Balaban J connectivity index is 1.29. The first-order valence-corrected chi connectivity index (χ1v) is 11.6. The molecule has 1 N–H and O–H groups in total. The lowest BCUT2D eigenvalue weighted by Gasteiger charge is -2.34. The van der Waals surface area contributed by atoms with Crippen LogP contribution < -0.4 is 14.8 Å². The zero-order chi connectivity index (χ0) is 22.7. The Labute approximate surface area is 192 Å². The Bertz CT molecular complexity index is 998. The van der Waals surface area contributed by atoms with E-state index < -0.39 is 5.97 Å². The molecule has 2 aliphatic rings. The summed E-state index contributed by atoms with van der Waals surface area (Å²) in [6.07, 6.45) is 0.716. The van der Waals surface area contributed by atoms with E-state index in [1.54, 1.807) is 0 Å². The number of ether oxygens (including phenoxy) is 3. The molecule has 1 fully saturated rings. The highest BCUT2D eigenvalue weighted by Gasteiger charge is 2.25. The fraction of sp³-hybridized carbons (Fsp3) is 0.478. The molecule has 1 amide bonds. The van der Waals surface area contributed by atoms with Gasteiger partial charge in [0.1, 0.15) is 5.00 Å². The van der Waals surface area contributed by atoms with E-state index in [9.17, 15) is 9.59 Å². The number of nitrogens with zero attached hydrogens (tertiary/aromatic N) is 2. The molecular weight excluding hydrogens is 430 g/mol. The number of esters is 1. The van der Waals surface area contributed by atoms with Gasteiger partial charge in [0, 0.05) is 37.6 Å². The fourth-order valence-electron chi connectivity index (χ4n) is 4.18. The van der Waals surface area contributed by atoms with Crippen LogP contribution in [0, 0.1) is 6.92 Å². The topological polar surface area (TPSA) is 80.3 Å². The fourth-order valence-corrected chi connectivity index (χ4v) is 5.33. The van der Waals surface area contributed by atoms with Crippen LogP contribution in [0.25, 0.3) is 0 Å². The molecule has 3 heterocycles. The highest BCUT2D eigenvalue weighted by molar-refractivity contribution is 7.16. The minimum absolute atomic E-state index is 0.108. The summed E-state index contributed by atoms with van der Waals surface area (Å²) >= 11 is 1.43. The molecule has 1 saturated heterocycles. The predicted molar refractivity (Wildman–Crippen MR) is 123 cm³/mol. The number of carbonyl (C=O) groups is 2. The third kappa shape index (κ3) is 4.90. The number of carbonyl (C=O) groups excluding carboxylic acids is 2. The van der Waals surface area contributed by atoms with Crippen LogP contribution in [0.3, 0.4) is 0 Å². The van der Waals surface area contributed by atoms with Gasteiger partial charge in [0.25, 0.3) is 0 Å². The van der Waals surface area contributed by atoms with E-state index in [0.717, 1.165) is 54.7 Å². The largest absolute Gasteiger partial charge is 0.465 e. The van der Waals surface area contributed by atoms with E-state index in [4.69, 9.17) is 14.2 Å². The number of hydrogen-bond acceptors (Lipinski definition) is 8. The number of hydrogen-bond donors (Lipinski definition) is 1. The lowest BCUT2D eigenvalue weighted by atomic mass is 10.1. The van der Waals surface area contributed by atoms with Gasteiger partial charge < -0.3 is 19.5 Å². The van der Waals surface area contributed by atoms with Crippen molar-refractivity contribution in [2.75, 3.05) is 51.9 Å². The van der Waals surface area contributed by atoms with Gasteiger partial charge in [0.2, 0.25) is 12.7 Å². The molecule has 8 nitrogen and oxygen atoms in total. The van der Waals surface area contributed by atoms with Crippen molar-refractivity contribution >= 4 is 28.2 Å². The van der Waals surface area contributed by atoms with Crippen LogP contribution in [0.4, 0.5) is 5.00 Å². The molecule has 0 atom stereocenters. The highest BCUT2D eigenvalue weighted by Crippen LogP contribution is 2.34. The van der Waals surface area contributed by atoms with Crippen LogP contribution in [-0.4, -0.2) is 68.3 Å². The molecule has 0 radical (unpaired) electrons. The second-order valence-electron chi connectivity index (χ2n) is 7.97. The first-order chi connectivity index (χ1) is 15.5. The minimum atomic E-state index is -0.404. The Morgan fingerprint density at radius 1 is 1.12 bits per heavy atom. The smallest absolute Gasteiger partial charge is 0.341 e. The summed E-state index contributed by atoms with van der Waals surface area (Å²) in [5, 5.41) is 3.52. The molecule has 4 rings (SSSR count). The summed E-state index contributed by atoms with van der Waals surface area (Å²) in [6, 6.07) is 6.06. The first kappa shape index (κ1) is 22.6. The number of methoxy groups -OCH3 is 1. The molecule has 2 aromatic rings. The van der Waals surface area contributed by atoms with Crippen molar-refractivity contribution in [1.82, 2.24) is 9.80 Å². The van der Waals surface area contributed by atoms with E-state index in [2.05, 4.69) is 21.2 Å². The van der Waals surface area contributed by atoms with E-state index in [-0.39, 0.29) is 12.7 Å². The van der Waals surface area contributed by atoms with Crippen molar-refractivity contribution in [3.05, 3.63) is 39.8 Å². The number of anilines is 1. The number of aryl methyl sites for hydroxylation is 1. The normalized spacial score (nSPS) is 16.2. The van der Waals surface area contributed by atoms with Crippen molar-refractivity contribution in [1.29, 1.82) is 0 Å². The lowest BCUT2D eigenvalue weighted by molar-refractivity contribution is -0.117. The highest BCUT2D eigenvalue weighted by atomic mass is 32.1. The maximum Gasteiger partial charge on any atom is 0.341 e. The molecule has 9 heteroatoms. The molecule has 172 valence electrons.